The molecule has 1 N–H and O–H groups in total. The van der Waals surface area contributed by atoms with Gasteiger partial charge in [0.15, 0.2) is 0 Å². The Kier molecular flexibility index (Phi) is 6.34. The maximum Gasteiger partial charge on any atom is 0.258 e. The fourth-order valence-corrected chi connectivity index (χ4v) is 4.81. The van der Waals surface area contributed by atoms with Crippen LogP contribution in [0.4, 0.5) is 14.5 Å². The number of benzene rings is 3. The number of sulfonamides is 1. The largest absolute Gasteiger partial charge is 0.317 e. The number of rotatable bonds is 6. The Hall–Kier alpha value is -3.78. The highest BCUT2D eigenvalue weighted by Gasteiger charge is 2.16. The highest BCUT2D eigenvalue weighted by molar-refractivity contribution is 7.95. The number of nitrogens with one attached hydrogen (secondary N) is 1. The highest BCUT2D eigenvalue weighted by Crippen LogP contribution is 2.33. The van der Waals surface area contributed by atoms with Crippen LogP contribution in [0.1, 0.15) is 18.1 Å². The standard InChI is InChI=1S/C26H22F2N2O3S/c1-3-12-34(32,33)29-20-11-9-17(13-18-8-10-19(27)14-25(18)28)23(15-20)24-16-30(2)26(31)22-7-5-4-6-21(22)24/h3-12,14-16,29H,13H2,1-2H3/b12-3+. The second-order valence-corrected chi connectivity index (χ2v) is 9.47. The molecule has 1 heterocycles. The lowest BCUT2D eigenvalue weighted by atomic mass is 9.92. The fraction of sp³-hybridized carbons (Fsp3) is 0.115. The number of hydrogen-bond acceptors (Lipinski definition) is 3. The van der Waals surface area contributed by atoms with Crippen molar-refractivity contribution in [1.29, 1.82) is 0 Å². The average molecular weight is 481 g/mol. The smallest absolute Gasteiger partial charge is 0.258 e. The quantitative estimate of drug-likeness (QED) is 0.405. The molecule has 4 rings (SSSR count). The van der Waals surface area contributed by atoms with Gasteiger partial charge in [-0.1, -0.05) is 36.4 Å². The number of hydrogen-bond donors (Lipinski definition) is 1. The van der Waals surface area contributed by atoms with Gasteiger partial charge in [0.2, 0.25) is 0 Å². The first-order chi connectivity index (χ1) is 16.2. The first-order valence-electron chi connectivity index (χ1n) is 10.5. The molecule has 4 aromatic rings. The maximum atomic E-state index is 14.4. The van der Waals surface area contributed by atoms with Gasteiger partial charge in [0.05, 0.1) is 0 Å². The molecule has 3 aromatic carbocycles. The molecule has 0 spiro atoms. The molecule has 0 aliphatic carbocycles. The van der Waals surface area contributed by atoms with Crippen molar-refractivity contribution in [2.45, 2.75) is 13.3 Å². The van der Waals surface area contributed by atoms with E-state index in [4.69, 9.17) is 0 Å². The summed E-state index contributed by atoms with van der Waals surface area (Å²) in [5.74, 6) is -1.34. The van der Waals surface area contributed by atoms with Crippen molar-refractivity contribution in [1.82, 2.24) is 4.57 Å². The molecule has 0 radical (unpaired) electrons. The van der Waals surface area contributed by atoms with E-state index in [1.807, 2.05) is 12.1 Å². The van der Waals surface area contributed by atoms with Crippen LogP contribution in [0.2, 0.25) is 0 Å². The molecular weight excluding hydrogens is 458 g/mol. The summed E-state index contributed by atoms with van der Waals surface area (Å²) in [5.41, 5.74) is 2.42. The van der Waals surface area contributed by atoms with Gasteiger partial charge in [-0.15, -0.1) is 0 Å². The molecule has 0 saturated carbocycles. The predicted molar refractivity (Wildman–Crippen MR) is 131 cm³/mol. The molecule has 0 fully saturated rings. The van der Waals surface area contributed by atoms with Gasteiger partial charge in [-0.2, -0.15) is 0 Å². The first-order valence-corrected chi connectivity index (χ1v) is 12.0. The Balaban J connectivity index is 1.95. The Labute approximate surface area is 196 Å². The molecule has 0 saturated heterocycles. The first kappa shape index (κ1) is 23.4. The minimum atomic E-state index is -3.71. The van der Waals surface area contributed by atoms with Gasteiger partial charge in [0.1, 0.15) is 11.6 Å². The Morgan fingerprint density at radius 2 is 1.65 bits per heavy atom. The summed E-state index contributed by atoms with van der Waals surface area (Å²) in [4.78, 5) is 12.7. The fourth-order valence-electron chi connectivity index (χ4n) is 3.92. The van der Waals surface area contributed by atoms with Crippen molar-refractivity contribution < 1.29 is 17.2 Å². The van der Waals surface area contributed by atoms with Gasteiger partial charge in [-0.25, -0.2) is 17.2 Å². The molecule has 0 unspecified atom stereocenters. The van der Waals surface area contributed by atoms with Crippen LogP contribution in [0.5, 0.6) is 0 Å². The number of aromatic nitrogens is 1. The van der Waals surface area contributed by atoms with Crippen molar-refractivity contribution in [3.63, 3.8) is 0 Å². The van der Waals surface area contributed by atoms with Crippen molar-refractivity contribution in [3.8, 4) is 11.1 Å². The van der Waals surface area contributed by atoms with E-state index in [-0.39, 0.29) is 12.0 Å². The second kappa shape index (κ2) is 9.23. The van der Waals surface area contributed by atoms with Gasteiger partial charge in [0, 0.05) is 47.8 Å². The van der Waals surface area contributed by atoms with Crippen molar-refractivity contribution >= 4 is 26.5 Å². The lowest BCUT2D eigenvalue weighted by molar-refractivity contribution is 0.574. The van der Waals surface area contributed by atoms with Crippen LogP contribution < -0.4 is 10.3 Å². The van der Waals surface area contributed by atoms with Crippen LogP contribution in [0, 0.1) is 11.6 Å². The number of nitrogens with zero attached hydrogens (tertiary/aromatic N) is 1. The summed E-state index contributed by atoms with van der Waals surface area (Å²) in [6, 6.07) is 15.5. The van der Waals surface area contributed by atoms with Crippen LogP contribution >= 0.6 is 0 Å². The van der Waals surface area contributed by atoms with Gasteiger partial charge in [0.25, 0.3) is 15.6 Å². The zero-order valence-corrected chi connectivity index (χ0v) is 19.4. The molecule has 34 heavy (non-hydrogen) atoms. The van der Waals surface area contributed by atoms with E-state index < -0.39 is 21.7 Å². The minimum Gasteiger partial charge on any atom is -0.317 e. The van der Waals surface area contributed by atoms with E-state index in [0.717, 1.165) is 11.5 Å². The van der Waals surface area contributed by atoms with E-state index in [2.05, 4.69) is 4.72 Å². The molecule has 0 bridgehead atoms. The Bertz CT molecular complexity index is 1590. The number of halogens is 2. The number of pyridine rings is 1. The number of anilines is 1. The summed E-state index contributed by atoms with van der Waals surface area (Å²) in [6.45, 7) is 1.60. The van der Waals surface area contributed by atoms with Crippen LogP contribution in [-0.4, -0.2) is 13.0 Å². The van der Waals surface area contributed by atoms with E-state index in [0.29, 0.717) is 38.7 Å². The molecule has 1 aromatic heterocycles. The van der Waals surface area contributed by atoms with Crippen LogP contribution in [0.15, 0.2) is 83.1 Å². The molecular formula is C26H22F2N2O3S. The average Bonchev–Trinajstić information content (AvgIpc) is 2.79. The SMILES string of the molecule is C/C=C/S(=O)(=O)Nc1ccc(Cc2ccc(F)cc2F)c(-c2cn(C)c(=O)c3ccccc23)c1. The summed E-state index contributed by atoms with van der Waals surface area (Å²) < 4.78 is 56.4. The van der Waals surface area contributed by atoms with Gasteiger partial charge >= 0.3 is 0 Å². The lowest BCUT2D eigenvalue weighted by Gasteiger charge is -2.16. The van der Waals surface area contributed by atoms with Crippen LogP contribution in [0.3, 0.4) is 0 Å². The second-order valence-electron chi connectivity index (χ2n) is 7.91. The van der Waals surface area contributed by atoms with Crippen LogP contribution in [-0.2, 0) is 23.5 Å². The number of fused-ring (bicyclic) bond motifs is 1. The van der Waals surface area contributed by atoms with E-state index in [1.54, 1.807) is 50.5 Å². The van der Waals surface area contributed by atoms with E-state index in [9.17, 15) is 22.0 Å². The summed E-state index contributed by atoms with van der Waals surface area (Å²) >= 11 is 0. The van der Waals surface area contributed by atoms with E-state index in [1.165, 1.54) is 22.8 Å². The molecule has 174 valence electrons. The third kappa shape index (κ3) is 4.77. The lowest BCUT2D eigenvalue weighted by Crippen LogP contribution is -2.16. The molecule has 0 amide bonds. The Morgan fingerprint density at radius 1 is 0.941 bits per heavy atom. The molecule has 0 atom stereocenters. The number of allylic oxidation sites excluding steroid dienone is 1. The van der Waals surface area contributed by atoms with Crippen LogP contribution in [0.25, 0.3) is 21.9 Å². The predicted octanol–water partition coefficient (Wildman–Crippen LogP) is 5.35. The van der Waals surface area contributed by atoms with Gasteiger partial charge in [-0.3, -0.25) is 9.52 Å². The Morgan fingerprint density at radius 3 is 2.35 bits per heavy atom. The number of aryl methyl sites for hydroxylation is 1. The highest BCUT2D eigenvalue weighted by atomic mass is 32.2. The topological polar surface area (TPSA) is 68.2 Å². The molecule has 8 heteroatoms. The van der Waals surface area contributed by atoms with Crippen molar-refractivity contribution in [2.24, 2.45) is 7.05 Å². The normalized spacial score (nSPS) is 11.9. The minimum absolute atomic E-state index is 0.139. The summed E-state index contributed by atoms with van der Waals surface area (Å²) in [6.07, 6.45) is 3.23. The third-order valence-corrected chi connectivity index (χ3v) is 6.61. The molecule has 5 nitrogen and oxygen atoms in total. The monoisotopic (exact) mass is 480 g/mol. The zero-order chi connectivity index (χ0) is 24.5. The van der Waals surface area contributed by atoms with Gasteiger partial charge < -0.3 is 4.57 Å². The maximum absolute atomic E-state index is 14.4. The summed E-state index contributed by atoms with van der Waals surface area (Å²) in [5, 5.41) is 2.23. The van der Waals surface area contributed by atoms with Gasteiger partial charge in [-0.05, 0) is 53.3 Å². The molecule has 0 aliphatic heterocycles. The third-order valence-electron chi connectivity index (χ3n) is 5.46. The van der Waals surface area contributed by atoms with Crippen molar-refractivity contribution in [3.05, 3.63) is 111 Å². The van der Waals surface area contributed by atoms with Crippen molar-refractivity contribution in [2.75, 3.05) is 4.72 Å². The summed E-state index contributed by atoms with van der Waals surface area (Å²) in [7, 11) is -2.08. The van der Waals surface area contributed by atoms with E-state index >= 15 is 0 Å². The zero-order valence-electron chi connectivity index (χ0n) is 18.5. The molecule has 0 aliphatic rings.